The average molecular weight is 330 g/mol. The van der Waals surface area contributed by atoms with Crippen LogP contribution in [0.3, 0.4) is 0 Å². The van der Waals surface area contributed by atoms with E-state index in [1.165, 1.54) is 32.1 Å². The van der Waals surface area contributed by atoms with Crippen LogP contribution in [0.4, 0.5) is 0 Å². The number of hydrogen-bond donors (Lipinski definition) is 3. The summed E-state index contributed by atoms with van der Waals surface area (Å²) >= 11 is 0. The molecule has 0 spiro atoms. The van der Waals surface area contributed by atoms with Crippen molar-refractivity contribution in [1.29, 1.82) is 0 Å². The second-order valence-corrected chi connectivity index (χ2v) is 6.26. The van der Waals surface area contributed by atoms with Crippen molar-refractivity contribution in [2.75, 3.05) is 19.8 Å². The first kappa shape index (κ1) is 20.6. The van der Waals surface area contributed by atoms with E-state index in [2.05, 4.69) is 19.1 Å². The Kier molecular flexibility index (Phi) is 11.5. The molecule has 0 aromatic carbocycles. The lowest BCUT2D eigenvalue weighted by Gasteiger charge is -2.37. The number of aliphatic hydroxyl groups excluding tert-OH is 3. The van der Waals surface area contributed by atoms with E-state index in [1.54, 1.807) is 0 Å². The van der Waals surface area contributed by atoms with Gasteiger partial charge in [-0.05, 0) is 25.7 Å². The molecule has 1 rings (SSSR count). The van der Waals surface area contributed by atoms with Crippen molar-refractivity contribution in [2.24, 2.45) is 0 Å². The summed E-state index contributed by atoms with van der Waals surface area (Å²) in [5.74, 6) is 0. The lowest BCUT2D eigenvalue weighted by atomic mass is 10.0. The molecular formula is C18H34O5. The van der Waals surface area contributed by atoms with E-state index in [-0.39, 0.29) is 13.2 Å². The summed E-state index contributed by atoms with van der Waals surface area (Å²) in [5.41, 5.74) is 0. The van der Waals surface area contributed by atoms with Crippen molar-refractivity contribution in [1.82, 2.24) is 0 Å². The minimum atomic E-state index is -0.984. The van der Waals surface area contributed by atoms with Crippen LogP contribution in [-0.2, 0) is 9.47 Å². The van der Waals surface area contributed by atoms with Crippen LogP contribution in [0, 0.1) is 0 Å². The Bertz CT molecular complexity index is 308. The third-order valence-corrected chi connectivity index (χ3v) is 4.22. The normalized spacial score (nSPS) is 28.5. The molecule has 0 amide bonds. The third kappa shape index (κ3) is 8.27. The van der Waals surface area contributed by atoms with Gasteiger partial charge in [0.1, 0.15) is 24.4 Å². The van der Waals surface area contributed by atoms with Crippen molar-refractivity contribution in [3.05, 3.63) is 12.2 Å². The second kappa shape index (κ2) is 12.9. The Morgan fingerprint density at radius 2 is 1.74 bits per heavy atom. The van der Waals surface area contributed by atoms with E-state index in [9.17, 15) is 10.2 Å². The maximum absolute atomic E-state index is 9.98. The highest BCUT2D eigenvalue weighted by molar-refractivity contribution is 4.88. The van der Waals surface area contributed by atoms with Gasteiger partial charge >= 0.3 is 0 Å². The molecule has 23 heavy (non-hydrogen) atoms. The van der Waals surface area contributed by atoms with Gasteiger partial charge in [-0.1, -0.05) is 44.8 Å². The van der Waals surface area contributed by atoms with Crippen LogP contribution in [0.15, 0.2) is 12.2 Å². The van der Waals surface area contributed by atoms with Crippen LogP contribution in [-0.4, -0.2) is 59.6 Å². The van der Waals surface area contributed by atoms with Crippen LogP contribution in [0.5, 0.6) is 0 Å². The Morgan fingerprint density at radius 3 is 2.43 bits per heavy atom. The Hall–Kier alpha value is -0.460. The fraction of sp³-hybridized carbons (Fsp3) is 0.889. The predicted octanol–water partition coefficient (Wildman–Crippen LogP) is 2.18. The number of allylic oxidation sites excluding steroid dienone is 2. The molecule has 5 nitrogen and oxygen atoms in total. The summed E-state index contributed by atoms with van der Waals surface area (Å²) in [7, 11) is 0. The van der Waals surface area contributed by atoms with Gasteiger partial charge in [0.2, 0.25) is 0 Å². The molecule has 136 valence electrons. The smallest absolute Gasteiger partial charge is 0.114 e. The van der Waals surface area contributed by atoms with Crippen LogP contribution in [0.2, 0.25) is 0 Å². The summed E-state index contributed by atoms with van der Waals surface area (Å²) in [4.78, 5) is 0. The topological polar surface area (TPSA) is 79.2 Å². The number of ether oxygens (including phenoxy) is 2. The molecule has 1 heterocycles. The van der Waals surface area contributed by atoms with Crippen molar-refractivity contribution in [2.45, 2.75) is 82.7 Å². The second-order valence-electron chi connectivity index (χ2n) is 6.26. The molecule has 0 aliphatic carbocycles. The quantitative estimate of drug-likeness (QED) is 0.377. The minimum Gasteiger partial charge on any atom is -0.394 e. The van der Waals surface area contributed by atoms with E-state index >= 15 is 0 Å². The zero-order chi connectivity index (χ0) is 16.9. The lowest BCUT2D eigenvalue weighted by molar-refractivity contribution is -0.210. The van der Waals surface area contributed by atoms with Crippen LogP contribution in [0.1, 0.15) is 58.3 Å². The SMILES string of the molecule is CCCCCCC/C=C/CCCO[C@@H]1[C@@H](O)[C@H](CO)OC[C@H]1O. The zero-order valence-corrected chi connectivity index (χ0v) is 14.4. The average Bonchev–Trinajstić information content (AvgIpc) is 2.55. The van der Waals surface area contributed by atoms with E-state index in [0.717, 1.165) is 19.3 Å². The summed E-state index contributed by atoms with van der Waals surface area (Å²) < 4.78 is 10.7. The van der Waals surface area contributed by atoms with Gasteiger partial charge in [-0.2, -0.15) is 0 Å². The molecule has 5 heteroatoms. The molecule has 0 radical (unpaired) electrons. The highest BCUT2D eigenvalue weighted by atomic mass is 16.6. The van der Waals surface area contributed by atoms with Gasteiger partial charge < -0.3 is 24.8 Å². The van der Waals surface area contributed by atoms with Gasteiger partial charge in [0.15, 0.2) is 0 Å². The largest absolute Gasteiger partial charge is 0.394 e. The van der Waals surface area contributed by atoms with Crippen LogP contribution in [0.25, 0.3) is 0 Å². The molecule has 1 saturated heterocycles. The molecule has 0 aromatic rings. The molecule has 1 aliphatic rings. The number of hydrogen-bond acceptors (Lipinski definition) is 5. The standard InChI is InChI=1S/C18H34O5/c1-2-3-4-5-6-7-8-9-10-11-12-22-18-15(20)14-23-16(13-19)17(18)21/h8-9,15-21H,2-7,10-14H2,1H3/b9-8+/t15-,16+,17+,18+/m1/s1. The van der Waals surface area contributed by atoms with Crippen molar-refractivity contribution >= 4 is 0 Å². The third-order valence-electron chi connectivity index (χ3n) is 4.22. The van der Waals surface area contributed by atoms with Crippen molar-refractivity contribution in [3.8, 4) is 0 Å². The molecule has 3 N–H and O–H groups in total. The first-order chi connectivity index (χ1) is 11.2. The molecule has 4 atom stereocenters. The van der Waals surface area contributed by atoms with Crippen molar-refractivity contribution in [3.63, 3.8) is 0 Å². The summed E-state index contributed by atoms with van der Waals surface area (Å²) in [6, 6.07) is 0. The molecule has 0 unspecified atom stereocenters. The molecule has 0 saturated carbocycles. The van der Waals surface area contributed by atoms with E-state index in [0.29, 0.717) is 6.61 Å². The highest BCUT2D eigenvalue weighted by Gasteiger charge is 2.38. The summed E-state index contributed by atoms with van der Waals surface area (Å²) in [6.07, 6.45) is 10.7. The first-order valence-corrected chi connectivity index (χ1v) is 9.05. The maximum Gasteiger partial charge on any atom is 0.114 e. The molecular weight excluding hydrogens is 296 g/mol. The minimum absolute atomic E-state index is 0.0882. The van der Waals surface area contributed by atoms with Gasteiger partial charge in [0, 0.05) is 6.61 Å². The summed E-state index contributed by atoms with van der Waals surface area (Å²) in [5, 5.41) is 28.9. The predicted molar refractivity (Wildman–Crippen MR) is 90.3 cm³/mol. The highest BCUT2D eigenvalue weighted by Crippen LogP contribution is 2.18. The Balaban J connectivity index is 2.05. The van der Waals surface area contributed by atoms with Gasteiger partial charge in [0.05, 0.1) is 13.2 Å². The zero-order valence-electron chi connectivity index (χ0n) is 14.4. The molecule has 1 aliphatic heterocycles. The molecule has 0 aromatic heterocycles. The first-order valence-electron chi connectivity index (χ1n) is 9.05. The van der Waals surface area contributed by atoms with Gasteiger partial charge in [-0.25, -0.2) is 0 Å². The number of aliphatic hydroxyl groups is 3. The van der Waals surface area contributed by atoms with Crippen molar-refractivity contribution < 1.29 is 24.8 Å². The monoisotopic (exact) mass is 330 g/mol. The van der Waals surface area contributed by atoms with Gasteiger partial charge in [0.25, 0.3) is 0 Å². The Labute approximate surface area is 140 Å². The van der Waals surface area contributed by atoms with Gasteiger partial charge in [-0.3, -0.25) is 0 Å². The van der Waals surface area contributed by atoms with Crippen LogP contribution < -0.4 is 0 Å². The fourth-order valence-corrected chi connectivity index (χ4v) is 2.75. The summed E-state index contributed by atoms with van der Waals surface area (Å²) in [6.45, 7) is 2.53. The Morgan fingerprint density at radius 1 is 1.04 bits per heavy atom. The van der Waals surface area contributed by atoms with E-state index in [1.807, 2.05) is 0 Å². The molecule has 1 fully saturated rings. The fourth-order valence-electron chi connectivity index (χ4n) is 2.75. The van der Waals surface area contributed by atoms with Gasteiger partial charge in [-0.15, -0.1) is 0 Å². The number of unbranched alkanes of at least 4 members (excludes halogenated alkanes) is 6. The van der Waals surface area contributed by atoms with E-state index in [4.69, 9.17) is 14.6 Å². The number of rotatable bonds is 12. The maximum atomic E-state index is 9.98. The molecule has 0 bridgehead atoms. The van der Waals surface area contributed by atoms with Crippen LogP contribution >= 0.6 is 0 Å². The lowest BCUT2D eigenvalue weighted by Crippen LogP contribution is -2.55. The van der Waals surface area contributed by atoms with E-state index < -0.39 is 24.4 Å².